The molecule has 28 heavy (non-hydrogen) atoms. The summed E-state index contributed by atoms with van der Waals surface area (Å²) in [5, 5.41) is 2.88. The number of aromatic nitrogens is 2. The van der Waals surface area contributed by atoms with Gasteiger partial charge in [0.25, 0.3) is 5.91 Å². The van der Waals surface area contributed by atoms with Crippen LogP contribution in [0, 0.1) is 13.8 Å². The Bertz CT molecular complexity index is 1090. The quantitative estimate of drug-likeness (QED) is 0.666. The normalized spacial score (nSPS) is 11.4. The zero-order chi connectivity index (χ0) is 20.3. The van der Waals surface area contributed by atoms with Crippen LogP contribution in [-0.4, -0.2) is 30.9 Å². The Balaban J connectivity index is 1.74. The minimum atomic E-state index is -3.47. The third-order valence-corrected chi connectivity index (χ3v) is 5.94. The molecule has 7 nitrogen and oxygen atoms in total. The lowest BCUT2D eigenvalue weighted by Gasteiger charge is -2.09. The van der Waals surface area contributed by atoms with Crippen molar-refractivity contribution < 1.29 is 13.2 Å². The molecule has 0 bridgehead atoms. The third-order valence-electron chi connectivity index (χ3n) is 4.51. The van der Waals surface area contributed by atoms with E-state index in [2.05, 4.69) is 15.0 Å². The molecule has 0 spiro atoms. The molecule has 2 heterocycles. The first-order valence-electron chi connectivity index (χ1n) is 8.74. The van der Waals surface area contributed by atoms with Crippen LogP contribution in [0.3, 0.4) is 0 Å². The minimum absolute atomic E-state index is 0.184. The highest BCUT2D eigenvalue weighted by Gasteiger charge is 2.17. The Morgan fingerprint density at radius 1 is 1.11 bits per heavy atom. The molecule has 0 unspecified atom stereocenters. The maximum atomic E-state index is 12.7. The molecule has 146 valence electrons. The lowest BCUT2D eigenvalue weighted by atomic mass is 10.2. The van der Waals surface area contributed by atoms with E-state index in [1.165, 1.54) is 19.2 Å². The fraction of sp³-hybridized carbons (Fsp3) is 0.200. The topological polar surface area (TPSA) is 93.1 Å². The summed E-state index contributed by atoms with van der Waals surface area (Å²) in [6, 6.07) is 13.9. The second-order valence-corrected chi connectivity index (χ2v) is 8.23. The van der Waals surface area contributed by atoms with Crippen LogP contribution >= 0.6 is 0 Å². The van der Waals surface area contributed by atoms with Gasteiger partial charge in [0, 0.05) is 24.1 Å². The Morgan fingerprint density at radius 2 is 1.82 bits per heavy atom. The van der Waals surface area contributed by atoms with E-state index in [-0.39, 0.29) is 10.8 Å². The van der Waals surface area contributed by atoms with Crippen LogP contribution in [0.25, 0.3) is 5.82 Å². The van der Waals surface area contributed by atoms with E-state index in [1.807, 2.05) is 42.7 Å². The number of benzene rings is 1. The number of amides is 1. The molecule has 1 aromatic carbocycles. The minimum Gasteiger partial charge on any atom is -0.348 e. The van der Waals surface area contributed by atoms with Crippen molar-refractivity contribution in [3.63, 3.8) is 0 Å². The number of nitrogens with one attached hydrogen (secondary N) is 2. The predicted octanol–water partition coefficient (Wildman–Crippen LogP) is 2.33. The number of sulfonamides is 1. The first-order valence-corrected chi connectivity index (χ1v) is 10.2. The van der Waals surface area contributed by atoms with E-state index < -0.39 is 10.0 Å². The monoisotopic (exact) mass is 398 g/mol. The van der Waals surface area contributed by atoms with Gasteiger partial charge in [-0.15, -0.1) is 0 Å². The van der Waals surface area contributed by atoms with Crippen LogP contribution < -0.4 is 10.0 Å². The van der Waals surface area contributed by atoms with Crippen molar-refractivity contribution >= 4 is 15.9 Å². The molecule has 2 N–H and O–H groups in total. The van der Waals surface area contributed by atoms with Gasteiger partial charge in [-0.1, -0.05) is 18.2 Å². The SMILES string of the molecule is CNS(=O)(=O)c1ccc(CNC(=O)c2cc(C)n(-c3ccccn3)c2C)cc1. The average Bonchev–Trinajstić information content (AvgIpc) is 3.01. The number of rotatable bonds is 6. The second-order valence-electron chi connectivity index (χ2n) is 6.34. The highest BCUT2D eigenvalue weighted by atomic mass is 32.2. The number of carbonyl (C=O) groups is 1. The van der Waals surface area contributed by atoms with E-state index in [4.69, 9.17) is 0 Å². The van der Waals surface area contributed by atoms with E-state index in [0.29, 0.717) is 12.1 Å². The van der Waals surface area contributed by atoms with E-state index in [9.17, 15) is 13.2 Å². The smallest absolute Gasteiger partial charge is 0.253 e. The zero-order valence-electron chi connectivity index (χ0n) is 15.9. The summed E-state index contributed by atoms with van der Waals surface area (Å²) in [5.74, 6) is 0.570. The van der Waals surface area contributed by atoms with Crippen molar-refractivity contribution in [3.8, 4) is 5.82 Å². The molecule has 0 radical (unpaired) electrons. The van der Waals surface area contributed by atoms with Crippen molar-refractivity contribution in [3.05, 3.63) is 77.2 Å². The fourth-order valence-electron chi connectivity index (χ4n) is 3.01. The van der Waals surface area contributed by atoms with Crippen molar-refractivity contribution in [2.45, 2.75) is 25.3 Å². The Hall–Kier alpha value is -2.97. The first kappa shape index (κ1) is 19.8. The molecule has 0 aliphatic carbocycles. The Kier molecular flexibility index (Phi) is 5.62. The first-order chi connectivity index (χ1) is 13.3. The van der Waals surface area contributed by atoms with Crippen LogP contribution in [0.5, 0.6) is 0 Å². The summed E-state index contributed by atoms with van der Waals surface area (Å²) in [7, 11) is -2.10. The summed E-state index contributed by atoms with van der Waals surface area (Å²) in [4.78, 5) is 17.2. The number of carbonyl (C=O) groups excluding carboxylic acids is 1. The number of aryl methyl sites for hydroxylation is 1. The summed E-state index contributed by atoms with van der Waals surface area (Å²) in [5.41, 5.74) is 3.12. The Labute approximate surface area is 164 Å². The van der Waals surface area contributed by atoms with Gasteiger partial charge in [0.1, 0.15) is 5.82 Å². The van der Waals surface area contributed by atoms with Gasteiger partial charge >= 0.3 is 0 Å². The van der Waals surface area contributed by atoms with Crippen LogP contribution in [0.15, 0.2) is 59.6 Å². The molecular formula is C20H22N4O3S. The molecule has 3 rings (SSSR count). The van der Waals surface area contributed by atoms with E-state index >= 15 is 0 Å². The molecule has 1 amide bonds. The van der Waals surface area contributed by atoms with Gasteiger partial charge in [-0.3, -0.25) is 4.79 Å². The number of nitrogens with zero attached hydrogens (tertiary/aromatic N) is 2. The molecule has 0 aliphatic heterocycles. The van der Waals surface area contributed by atoms with E-state index in [1.54, 1.807) is 18.3 Å². The molecule has 0 atom stereocenters. The summed E-state index contributed by atoms with van der Waals surface area (Å²) >= 11 is 0. The average molecular weight is 398 g/mol. The van der Waals surface area contributed by atoms with Gasteiger partial charge in [0.05, 0.1) is 10.5 Å². The van der Waals surface area contributed by atoms with Crippen molar-refractivity contribution in [1.29, 1.82) is 0 Å². The fourth-order valence-corrected chi connectivity index (χ4v) is 3.74. The van der Waals surface area contributed by atoms with Gasteiger partial charge in [-0.05, 0) is 56.8 Å². The van der Waals surface area contributed by atoms with Crippen molar-refractivity contribution in [2.75, 3.05) is 7.05 Å². The van der Waals surface area contributed by atoms with E-state index in [0.717, 1.165) is 22.8 Å². The predicted molar refractivity (Wildman–Crippen MR) is 107 cm³/mol. The molecule has 0 fully saturated rings. The third kappa shape index (κ3) is 3.97. The zero-order valence-corrected chi connectivity index (χ0v) is 16.7. The Morgan fingerprint density at radius 3 is 2.43 bits per heavy atom. The molecule has 0 saturated heterocycles. The van der Waals surface area contributed by atoms with Crippen molar-refractivity contribution in [1.82, 2.24) is 19.6 Å². The highest BCUT2D eigenvalue weighted by molar-refractivity contribution is 7.89. The van der Waals surface area contributed by atoms with Gasteiger partial charge < -0.3 is 9.88 Å². The van der Waals surface area contributed by atoms with Gasteiger partial charge in [-0.25, -0.2) is 18.1 Å². The van der Waals surface area contributed by atoms with Gasteiger partial charge in [0.15, 0.2) is 0 Å². The summed E-state index contributed by atoms with van der Waals surface area (Å²) < 4.78 is 27.7. The molecule has 3 aromatic rings. The number of pyridine rings is 1. The van der Waals surface area contributed by atoms with Gasteiger partial charge in [-0.2, -0.15) is 0 Å². The molecule has 2 aromatic heterocycles. The standard InChI is InChI=1S/C20H22N4O3S/c1-14-12-18(15(2)24(14)19-6-4-5-11-22-19)20(25)23-13-16-7-9-17(10-8-16)28(26,27)21-3/h4-12,21H,13H2,1-3H3,(H,23,25). The summed E-state index contributed by atoms with van der Waals surface area (Å²) in [6.45, 7) is 4.11. The molecular weight excluding hydrogens is 376 g/mol. The molecule has 0 saturated carbocycles. The lowest BCUT2D eigenvalue weighted by molar-refractivity contribution is 0.0950. The van der Waals surface area contributed by atoms with Crippen LogP contribution in [0.2, 0.25) is 0 Å². The van der Waals surface area contributed by atoms with Crippen LogP contribution in [-0.2, 0) is 16.6 Å². The molecule has 0 aliphatic rings. The number of hydrogen-bond donors (Lipinski definition) is 2. The second kappa shape index (κ2) is 7.95. The lowest BCUT2D eigenvalue weighted by Crippen LogP contribution is -2.23. The van der Waals surface area contributed by atoms with Crippen molar-refractivity contribution in [2.24, 2.45) is 0 Å². The highest BCUT2D eigenvalue weighted by Crippen LogP contribution is 2.19. The molecule has 8 heteroatoms. The number of hydrogen-bond acceptors (Lipinski definition) is 4. The summed E-state index contributed by atoms with van der Waals surface area (Å²) in [6.07, 6.45) is 1.71. The van der Waals surface area contributed by atoms with Crippen LogP contribution in [0.1, 0.15) is 27.3 Å². The van der Waals surface area contributed by atoms with Crippen LogP contribution in [0.4, 0.5) is 0 Å². The maximum Gasteiger partial charge on any atom is 0.253 e. The largest absolute Gasteiger partial charge is 0.348 e. The van der Waals surface area contributed by atoms with Gasteiger partial charge in [0.2, 0.25) is 10.0 Å². The maximum absolute atomic E-state index is 12.7.